The van der Waals surface area contributed by atoms with Crippen LogP contribution in [-0.4, -0.2) is 40.6 Å². The summed E-state index contributed by atoms with van der Waals surface area (Å²) < 4.78 is 0. The van der Waals surface area contributed by atoms with Crippen LogP contribution in [0.3, 0.4) is 0 Å². The zero-order valence-corrected chi connectivity index (χ0v) is 13.4. The lowest BCUT2D eigenvalue weighted by atomic mass is 9.83. The first-order valence-corrected chi connectivity index (χ1v) is 7.89. The predicted octanol–water partition coefficient (Wildman–Crippen LogP) is 2.13. The third-order valence-corrected chi connectivity index (χ3v) is 4.19. The Morgan fingerprint density at radius 1 is 1.57 bits per heavy atom. The Morgan fingerprint density at radius 2 is 2.33 bits per heavy atom. The van der Waals surface area contributed by atoms with Gasteiger partial charge in [0.15, 0.2) is 0 Å². The van der Waals surface area contributed by atoms with Crippen LogP contribution in [0.5, 0.6) is 0 Å². The fraction of sp³-hybridized carbons (Fsp3) is 0.750. The van der Waals surface area contributed by atoms with Gasteiger partial charge in [-0.15, -0.1) is 0 Å². The maximum absolute atomic E-state index is 12.7. The number of carbonyl (C=O) groups excluding carboxylic acids is 1. The molecule has 0 aromatic carbocycles. The van der Waals surface area contributed by atoms with E-state index in [1.807, 2.05) is 11.0 Å². The van der Waals surface area contributed by atoms with Gasteiger partial charge >= 0.3 is 0 Å². The van der Waals surface area contributed by atoms with E-state index in [0.717, 1.165) is 38.0 Å². The number of nitrogens with two attached hydrogens (primary N) is 1. The largest absolute Gasteiger partial charge is 0.342 e. The second-order valence-electron chi connectivity index (χ2n) is 7.33. The highest BCUT2D eigenvalue weighted by molar-refractivity contribution is 5.79. The van der Waals surface area contributed by atoms with Crippen LogP contribution in [-0.2, 0) is 4.79 Å². The van der Waals surface area contributed by atoms with Crippen LogP contribution >= 0.6 is 0 Å². The number of likely N-dealkylation sites (tertiary alicyclic amines) is 1. The number of aromatic nitrogens is 2. The van der Waals surface area contributed by atoms with E-state index >= 15 is 0 Å². The molecule has 1 aliphatic heterocycles. The van der Waals surface area contributed by atoms with Gasteiger partial charge in [0.25, 0.3) is 0 Å². The summed E-state index contributed by atoms with van der Waals surface area (Å²) in [5.41, 5.74) is 7.11. The number of aromatic amines is 1. The SMILES string of the molecule is CC(C)(C)CC(CN)C(=O)N1CCCC(c2ccn[nH]2)C1. The van der Waals surface area contributed by atoms with Crippen molar-refractivity contribution in [1.82, 2.24) is 15.1 Å². The van der Waals surface area contributed by atoms with Gasteiger partial charge in [0, 0.05) is 37.4 Å². The molecule has 1 aromatic rings. The lowest BCUT2D eigenvalue weighted by Gasteiger charge is -2.35. The van der Waals surface area contributed by atoms with Gasteiger partial charge in [0.2, 0.25) is 5.91 Å². The first-order valence-electron chi connectivity index (χ1n) is 7.89. The van der Waals surface area contributed by atoms with Crippen LogP contribution in [0.25, 0.3) is 0 Å². The van der Waals surface area contributed by atoms with E-state index < -0.39 is 0 Å². The second-order valence-corrected chi connectivity index (χ2v) is 7.33. The summed E-state index contributed by atoms with van der Waals surface area (Å²) in [6.45, 7) is 8.54. The molecule has 0 spiro atoms. The fourth-order valence-corrected chi connectivity index (χ4v) is 3.19. The number of rotatable bonds is 4. The first-order chi connectivity index (χ1) is 9.90. The summed E-state index contributed by atoms with van der Waals surface area (Å²) in [6, 6.07) is 2.01. The molecule has 5 heteroatoms. The number of nitrogens with one attached hydrogen (secondary N) is 1. The van der Waals surface area contributed by atoms with Crippen LogP contribution in [0.4, 0.5) is 0 Å². The standard InChI is InChI=1S/C16H28N4O/c1-16(2,3)9-13(10-17)15(21)20-8-4-5-12(11-20)14-6-7-18-19-14/h6-7,12-13H,4-5,8-11,17H2,1-3H3,(H,18,19). The van der Waals surface area contributed by atoms with Gasteiger partial charge in [-0.1, -0.05) is 20.8 Å². The molecular weight excluding hydrogens is 264 g/mol. The highest BCUT2D eigenvalue weighted by Gasteiger charge is 2.31. The molecule has 118 valence electrons. The number of carbonyl (C=O) groups is 1. The number of nitrogens with zero attached hydrogens (tertiary/aromatic N) is 2. The van der Waals surface area contributed by atoms with E-state index in [4.69, 9.17) is 5.73 Å². The predicted molar refractivity (Wildman–Crippen MR) is 83.8 cm³/mol. The molecular formula is C16H28N4O. The van der Waals surface area contributed by atoms with E-state index in [1.54, 1.807) is 6.20 Å². The van der Waals surface area contributed by atoms with Gasteiger partial charge < -0.3 is 10.6 Å². The van der Waals surface area contributed by atoms with E-state index in [-0.39, 0.29) is 17.2 Å². The molecule has 0 saturated carbocycles. The zero-order chi connectivity index (χ0) is 15.5. The lowest BCUT2D eigenvalue weighted by molar-refractivity contribution is -0.137. The molecule has 0 aliphatic carbocycles. The minimum Gasteiger partial charge on any atom is -0.342 e. The molecule has 1 aromatic heterocycles. The number of hydrogen-bond donors (Lipinski definition) is 2. The Balaban J connectivity index is 2.01. The summed E-state index contributed by atoms with van der Waals surface area (Å²) in [7, 11) is 0. The summed E-state index contributed by atoms with van der Waals surface area (Å²) in [4.78, 5) is 14.7. The number of piperidine rings is 1. The Labute approximate surface area is 127 Å². The topological polar surface area (TPSA) is 75.0 Å². The van der Waals surface area contributed by atoms with Crippen molar-refractivity contribution in [2.24, 2.45) is 17.1 Å². The molecule has 2 atom stereocenters. The Bertz CT molecular complexity index is 449. The molecule has 1 fully saturated rings. The molecule has 0 radical (unpaired) electrons. The average molecular weight is 292 g/mol. The van der Waals surface area contributed by atoms with Crippen LogP contribution in [0, 0.1) is 11.3 Å². The van der Waals surface area contributed by atoms with Crippen molar-refractivity contribution in [1.29, 1.82) is 0 Å². The van der Waals surface area contributed by atoms with Gasteiger partial charge in [-0.2, -0.15) is 5.10 Å². The third kappa shape index (κ3) is 4.30. The smallest absolute Gasteiger partial charge is 0.226 e. The van der Waals surface area contributed by atoms with Crippen molar-refractivity contribution in [2.45, 2.75) is 46.0 Å². The lowest BCUT2D eigenvalue weighted by Crippen LogP contribution is -2.45. The number of hydrogen-bond acceptors (Lipinski definition) is 3. The minimum absolute atomic E-state index is 0.0643. The van der Waals surface area contributed by atoms with E-state index in [2.05, 4.69) is 31.0 Å². The molecule has 5 nitrogen and oxygen atoms in total. The summed E-state index contributed by atoms with van der Waals surface area (Å²) in [5.74, 6) is 0.528. The first kappa shape index (κ1) is 16.0. The van der Waals surface area contributed by atoms with Gasteiger partial charge in [-0.25, -0.2) is 0 Å². The maximum Gasteiger partial charge on any atom is 0.226 e. The monoisotopic (exact) mass is 292 g/mol. The Kier molecular flexibility index (Phi) is 5.04. The van der Waals surface area contributed by atoms with Crippen LogP contribution in [0.15, 0.2) is 12.3 Å². The van der Waals surface area contributed by atoms with Crippen molar-refractivity contribution < 1.29 is 4.79 Å². The molecule has 1 aliphatic rings. The molecule has 1 amide bonds. The zero-order valence-electron chi connectivity index (χ0n) is 13.4. The second kappa shape index (κ2) is 6.60. The number of amides is 1. The molecule has 3 N–H and O–H groups in total. The van der Waals surface area contributed by atoms with E-state index in [9.17, 15) is 4.79 Å². The van der Waals surface area contributed by atoms with Crippen molar-refractivity contribution in [3.8, 4) is 0 Å². The van der Waals surface area contributed by atoms with Gasteiger partial charge in [0.1, 0.15) is 0 Å². The van der Waals surface area contributed by atoms with Crippen LogP contribution < -0.4 is 5.73 Å². The van der Waals surface area contributed by atoms with Crippen molar-refractivity contribution >= 4 is 5.91 Å². The summed E-state index contributed by atoms with van der Waals surface area (Å²) >= 11 is 0. The third-order valence-electron chi connectivity index (χ3n) is 4.19. The molecule has 2 heterocycles. The summed E-state index contributed by atoms with van der Waals surface area (Å²) in [6.07, 6.45) is 4.77. The Hall–Kier alpha value is -1.36. The molecule has 1 saturated heterocycles. The molecule has 2 unspecified atom stereocenters. The minimum atomic E-state index is -0.0643. The van der Waals surface area contributed by atoms with Crippen molar-refractivity contribution in [3.05, 3.63) is 18.0 Å². The normalized spacial score (nSPS) is 21.3. The van der Waals surface area contributed by atoms with Gasteiger partial charge in [-0.3, -0.25) is 9.89 Å². The van der Waals surface area contributed by atoms with Gasteiger partial charge in [-0.05, 0) is 30.7 Å². The number of H-pyrrole nitrogens is 1. The molecule has 21 heavy (non-hydrogen) atoms. The van der Waals surface area contributed by atoms with Crippen LogP contribution in [0.1, 0.15) is 51.6 Å². The molecule has 0 bridgehead atoms. The maximum atomic E-state index is 12.7. The van der Waals surface area contributed by atoms with E-state index in [1.165, 1.54) is 0 Å². The highest BCUT2D eigenvalue weighted by Crippen LogP contribution is 2.29. The quantitative estimate of drug-likeness (QED) is 0.892. The van der Waals surface area contributed by atoms with Crippen molar-refractivity contribution in [2.75, 3.05) is 19.6 Å². The Morgan fingerprint density at radius 3 is 2.90 bits per heavy atom. The fourth-order valence-electron chi connectivity index (χ4n) is 3.19. The van der Waals surface area contributed by atoms with Crippen LogP contribution in [0.2, 0.25) is 0 Å². The van der Waals surface area contributed by atoms with E-state index in [0.29, 0.717) is 12.5 Å². The highest BCUT2D eigenvalue weighted by atomic mass is 16.2. The average Bonchev–Trinajstić information content (AvgIpc) is 2.97. The van der Waals surface area contributed by atoms with Gasteiger partial charge in [0.05, 0.1) is 5.92 Å². The summed E-state index contributed by atoms with van der Waals surface area (Å²) in [5, 5.41) is 7.05. The van der Waals surface area contributed by atoms with Crippen molar-refractivity contribution in [3.63, 3.8) is 0 Å². The molecule has 2 rings (SSSR count).